The molecule has 0 saturated heterocycles. The number of benzene rings is 2. The van der Waals surface area contributed by atoms with Crippen LogP contribution in [0.25, 0.3) is 0 Å². The Bertz CT molecular complexity index is 1080. The van der Waals surface area contributed by atoms with Gasteiger partial charge in [0.05, 0.1) is 11.1 Å². The number of nitrogens with zero attached hydrogens (tertiary/aromatic N) is 5. The maximum atomic E-state index is 12.4. The maximum Gasteiger partial charge on any atom is 0.261 e. The molecule has 3 amide bonds. The normalized spacial score (nSPS) is 13.9. The molecule has 0 bridgehead atoms. The lowest BCUT2D eigenvalue weighted by atomic mass is 10.0. The number of fused-ring (bicyclic) bond motifs is 1. The fraction of sp³-hybridized carbons (Fsp3) is 0.273. The van der Waals surface area contributed by atoms with Gasteiger partial charge in [-0.2, -0.15) is 4.80 Å². The SMILES string of the molecule is C[C@@H](CNC(=O)Cn1nnc(CCN2C(=O)c3ccccc3C2=O)n1)c1ccccc1. The Morgan fingerprint density at radius 2 is 1.65 bits per heavy atom. The van der Waals surface area contributed by atoms with E-state index in [4.69, 9.17) is 0 Å². The Morgan fingerprint density at radius 3 is 2.32 bits per heavy atom. The number of imide groups is 1. The summed E-state index contributed by atoms with van der Waals surface area (Å²) in [5.74, 6) is -0.307. The van der Waals surface area contributed by atoms with Crippen LogP contribution in [0.1, 0.15) is 44.9 Å². The van der Waals surface area contributed by atoms with Gasteiger partial charge in [-0.25, -0.2) is 0 Å². The Labute approximate surface area is 179 Å². The van der Waals surface area contributed by atoms with Gasteiger partial charge >= 0.3 is 0 Å². The highest BCUT2D eigenvalue weighted by Gasteiger charge is 2.34. The van der Waals surface area contributed by atoms with E-state index in [-0.39, 0.29) is 43.1 Å². The van der Waals surface area contributed by atoms with E-state index in [9.17, 15) is 14.4 Å². The summed E-state index contributed by atoms with van der Waals surface area (Å²) in [6.45, 7) is 2.64. The third-order valence-electron chi connectivity index (χ3n) is 5.19. The van der Waals surface area contributed by atoms with Crippen LogP contribution in [0.15, 0.2) is 54.6 Å². The molecule has 1 aliphatic rings. The zero-order valence-electron chi connectivity index (χ0n) is 17.1. The smallest absolute Gasteiger partial charge is 0.261 e. The molecule has 9 nitrogen and oxygen atoms in total. The molecular weight excluding hydrogens is 396 g/mol. The second kappa shape index (κ2) is 8.86. The van der Waals surface area contributed by atoms with Gasteiger partial charge in [-0.3, -0.25) is 19.3 Å². The quantitative estimate of drug-likeness (QED) is 0.554. The van der Waals surface area contributed by atoms with Crippen LogP contribution >= 0.6 is 0 Å². The van der Waals surface area contributed by atoms with E-state index in [2.05, 4.69) is 20.7 Å². The lowest BCUT2D eigenvalue weighted by Gasteiger charge is -2.12. The van der Waals surface area contributed by atoms with Crippen molar-refractivity contribution in [1.82, 2.24) is 30.4 Å². The lowest BCUT2D eigenvalue weighted by Crippen LogP contribution is -2.32. The van der Waals surface area contributed by atoms with Crippen LogP contribution in [0.2, 0.25) is 0 Å². The summed E-state index contributed by atoms with van der Waals surface area (Å²) in [5, 5.41) is 14.9. The molecule has 0 radical (unpaired) electrons. The minimum Gasteiger partial charge on any atom is -0.354 e. The molecular formula is C22H22N6O3. The first-order chi connectivity index (χ1) is 15.0. The number of tetrazole rings is 1. The number of amides is 3. The van der Waals surface area contributed by atoms with Crippen molar-refractivity contribution in [2.45, 2.75) is 25.8 Å². The van der Waals surface area contributed by atoms with Crippen LogP contribution in [0, 0.1) is 0 Å². The van der Waals surface area contributed by atoms with Crippen molar-refractivity contribution in [2.24, 2.45) is 0 Å². The predicted molar refractivity (Wildman–Crippen MR) is 111 cm³/mol. The number of nitrogens with one attached hydrogen (secondary N) is 1. The second-order valence-corrected chi connectivity index (χ2v) is 7.41. The van der Waals surface area contributed by atoms with Gasteiger partial charge in [-0.1, -0.05) is 49.4 Å². The Hall–Kier alpha value is -3.88. The molecule has 1 aromatic heterocycles. The monoisotopic (exact) mass is 418 g/mol. The van der Waals surface area contributed by atoms with Gasteiger partial charge in [0.25, 0.3) is 11.8 Å². The third-order valence-corrected chi connectivity index (χ3v) is 5.19. The summed E-state index contributed by atoms with van der Waals surface area (Å²) in [6, 6.07) is 16.7. The molecule has 2 aromatic carbocycles. The molecule has 31 heavy (non-hydrogen) atoms. The Balaban J connectivity index is 1.27. The summed E-state index contributed by atoms with van der Waals surface area (Å²) in [5.41, 5.74) is 1.97. The fourth-order valence-electron chi connectivity index (χ4n) is 3.45. The first-order valence-corrected chi connectivity index (χ1v) is 10.1. The first-order valence-electron chi connectivity index (χ1n) is 10.1. The summed E-state index contributed by atoms with van der Waals surface area (Å²) in [7, 11) is 0. The van der Waals surface area contributed by atoms with Crippen molar-refractivity contribution in [2.75, 3.05) is 13.1 Å². The molecule has 4 rings (SSSR count). The third kappa shape index (κ3) is 4.50. The zero-order valence-corrected chi connectivity index (χ0v) is 17.1. The number of carbonyl (C=O) groups excluding carboxylic acids is 3. The number of carbonyl (C=O) groups is 3. The van der Waals surface area contributed by atoms with E-state index in [0.29, 0.717) is 23.5 Å². The van der Waals surface area contributed by atoms with E-state index < -0.39 is 0 Å². The summed E-state index contributed by atoms with van der Waals surface area (Å²) in [4.78, 5) is 39.4. The zero-order chi connectivity index (χ0) is 21.8. The second-order valence-electron chi connectivity index (χ2n) is 7.41. The van der Waals surface area contributed by atoms with E-state index in [1.807, 2.05) is 37.3 Å². The topological polar surface area (TPSA) is 110 Å². The molecule has 9 heteroatoms. The van der Waals surface area contributed by atoms with Crippen LogP contribution in [0.5, 0.6) is 0 Å². The molecule has 2 heterocycles. The summed E-state index contributed by atoms with van der Waals surface area (Å²) < 4.78 is 0. The standard InChI is InChI=1S/C22H22N6O3/c1-15(16-7-3-2-4-8-16)13-23-20(29)14-28-25-19(24-26-28)11-12-27-21(30)17-9-5-6-10-18(17)22(27)31/h2-10,15H,11-14H2,1H3,(H,23,29)/t15-/m0/s1. The van der Waals surface area contributed by atoms with E-state index in [0.717, 1.165) is 5.56 Å². The number of hydrogen-bond donors (Lipinski definition) is 1. The van der Waals surface area contributed by atoms with Crippen LogP contribution in [-0.4, -0.2) is 55.9 Å². The number of rotatable bonds is 8. The van der Waals surface area contributed by atoms with Gasteiger partial charge in [-0.05, 0) is 28.8 Å². The van der Waals surface area contributed by atoms with Crippen LogP contribution in [0.3, 0.4) is 0 Å². The Morgan fingerprint density at radius 1 is 1.00 bits per heavy atom. The highest BCUT2D eigenvalue weighted by molar-refractivity contribution is 6.21. The molecule has 0 saturated carbocycles. The molecule has 1 aliphatic heterocycles. The van der Waals surface area contributed by atoms with Crippen molar-refractivity contribution < 1.29 is 14.4 Å². The molecule has 0 aliphatic carbocycles. The van der Waals surface area contributed by atoms with Gasteiger partial charge in [0.15, 0.2) is 5.82 Å². The maximum absolute atomic E-state index is 12.4. The highest BCUT2D eigenvalue weighted by Crippen LogP contribution is 2.22. The fourth-order valence-corrected chi connectivity index (χ4v) is 3.45. The average molecular weight is 418 g/mol. The molecule has 1 N–H and O–H groups in total. The van der Waals surface area contributed by atoms with E-state index >= 15 is 0 Å². The van der Waals surface area contributed by atoms with Gasteiger partial charge in [0.1, 0.15) is 6.54 Å². The van der Waals surface area contributed by atoms with Gasteiger partial charge in [0.2, 0.25) is 5.91 Å². The predicted octanol–water partition coefficient (Wildman–Crippen LogP) is 1.43. The molecule has 0 unspecified atom stereocenters. The summed E-state index contributed by atoms with van der Waals surface area (Å²) in [6.07, 6.45) is 0.262. The van der Waals surface area contributed by atoms with E-state index in [1.165, 1.54) is 9.70 Å². The van der Waals surface area contributed by atoms with Gasteiger partial charge in [-0.15, -0.1) is 10.2 Å². The van der Waals surface area contributed by atoms with E-state index in [1.54, 1.807) is 24.3 Å². The first kappa shape index (κ1) is 20.4. The van der Waals surface area contributed by atoms with Crippen molar-refractivity contribution in [1.29, 1.82) is 0 Å². The molecule has 1 atom stereocenters. The number of aromatic nitrogens is 4. The molecule has 3 aromatic rings. The summed E-state index contributed by atoms with van der Waals surface area (Å²) >= 11 is 0. The van der Waals surface area contributed by atoms with Gasteiger partial charge in [0, 0.05) is 19.5 Å². The number of hydrogen-bond acceptors (Lipinski definition) is 6. The van der Waals surface area contributed by atoms with Crippen LogP contribution in [-0.2, 0) is 17.8 Å². The van der Waals surface area contributed by atoms with Gasteiger partial charge < -0.3 is 5.32 Å². The molecule has 0 spiro atoms. The van der Waals surface area contributed by atoms with Crippen molar-refractivity contribution in [3.05, 3.63) is 77.1 Å². The van der Waals surface area contributed by atoms with Crippen molar-refractivity contribution in [3.63, 3.8) is 0 Å². The van der Waals surface area contributed by atoms with Crippen LogP contribution in [0.4, 0.5) is 0 Å². The lowest BCUT2D eigenvalue weighted by molar-refractivity contribution is -0.122. The van der Waals surface area contributed by atoms with Crippen LogP contribution < -0.4 is 5.32 Å². The molecule has 0 fully saturated rings. The average Bonchev–Trinajstić information content (AvgIpc) is 3.33. The highest BCUT2D eigenvalue weighted by atomic mass is 16.2. The van der Waals surface area contributed by atoms with Crippen molar-refractivity contribution >= 4 is 17.7 Å². The minimum absolute atomic E-state index is 0.0540. The molecule has 158 valence electrons. The minimum atomic E-state index is -0.320. The largest absolute Gasteiger partial charge is 0.354 e. The Kier molecular flexibility index (Phi) is 5.83. The van der Waals surface area contributed by atoms with Crippen molar-refractivity contribution in [3.8, 4) is 0 Å².